The third-order valence-electron chi connectivity index (χ3n) is 3.29. The summed E-state index contributed by atoms with van der Waals surface area (Å²) in [6, 6.07) is 12.6. The highest BCUT2D eigenvalue weighted by Crippen LogP contribution is 2.22. The molecule has 2 heterocycles. The summed E-state index contributed by atoms with van der Waals surface area (Å²) in [6.07, 6.45) is 3.22. The summed E-state index contributed by atoms with van der Waals surface area (Å²) in [5.41, 5.74) is 2.25. The van der Waals surface area contributed by atoms with Gasteiger partial charge in [-0.15, -0.1) is 11.3 Å². The van der Waals surface area contributed by atoms with E-state index in [1.807, 2.05) is 18.2 Å². The average molecular weight is 319 g/mol. The van der Waals surface area contributed by atoms with Crippen molar-refractivity contribution in [3.05, 3.63) is 63.8 Å². The molecule has 0 aliphatic heterocycles. The topological polar surface area (TPSA) is 42.7 Å². The molecule has 6 heteroatoms. The van der Waals surface area contributed by atoms with E-state index in [2.05, 4.69) is 40.5 Å². The number of hydrogen-bond donors (Lipinski definition) is 1. The Labute approximate surface area is 132 Å². The molecular formula is C15H15ClN4S. The van der Waals surface area contributed by atoms with Gasteiger partial charge in [0.15, 0.2) is 0 Å². The van der Waals surface area contributed by atoms with Crippen molar-refractivity contribution < 1.29 is 0 Å². The third kappa shape index (κ3) is 3.50. The van der Waals surface area contributed by atoms with Crippen molar-refractivity contribution in [1.29, 1.82) is 0 Å². The van der Waals surface area contributed by atoms with Crippen LogP contribution >= 0.6 is 22.9 Å². The van der Waals surface area contributed by atoms with Gasteiger partial charge in [0.05, 0.1) is 10.0 Å². The molecule has 2 aromatic heterocycles. The van der Waals surface area contributed by atoms with Crippen LogP contribution in [0.25, 0.3) is 5.69 Å². The van der Waals surface area contributed by atoms with E-state index in [-0.39, 0.29) is 6.04 Å². The molecule has 0 aliphatic rings. The smallest absolute Gasteiger partial charge is 0.138 e. The molecule has 0 saturated carbocycles. The van der Waals surface area contributed by atoms with Crippen molar-refractivity contribution in [2.75, 3.05) is 0 Å². The lowest BCUT2D eigenvalue weighted by Gasteiger charge is -2.14. The maximum atomic E-state index is 5.94. The van der Waals surface area contributed by atoms with E-state index in [0.29, 0.717) is 0 Å². The van der Waals surface area contributed by atoms with E-state index < -0.39 is 0 Å². The number of rotatable bonds is 5. The molecular weight excluding hydrogens is 304 g/mol. The first-order valence-electron chi connectivity index (χ1n) is 6.65. The highest BCUT2D eigenvalue weighted by Gasteiger charge is 2.06. The van der Waals surface area contributed by atoms with Crippen molar-refractivity contribution in [1.82, 2.24) is 20.1 Å². The van der Waals surface area contributed by atoms with E-state index in [0.717, 1.165) is 16.6 Å². The Bertz CT molecular complexity index is 691. The zero-order valence-electron chi connectivity index (χ0n) is 11.5. The number of nitrogens with zero attached hydrogens (tertiary/aromatic N) is 3. The first-order valence-corrected chi connectivity index (χ1v) is 7.84. The predicted molar refractivity (Wildman–Crippen MR) is 85.9 cm³/mol. The highest BCUT2D eigenvalue weighted by atomic mass is 35.5. The zero-order valence-corrected chi connectivity index (χ0v) is 13.1. The van der Waals surface area contributed by atoms with Gasteiger partial charge in [0.25, 0.3) is 0 Å². The number of nitrogens with one attached hydrogen (secondary N) is 1. The minimum Gasteiger partial charge on any atom is -0.305 e. The molecule has 3 rings (SSSR count). The second-order valence-corrected chi connectivity index (χ2v) is 6.54. The maximum absolute atomic E-state index is 5.94. The minimum atomic E-state index is 0.274. The summed E-state index contributed by atoms with van der Waals surface area (Å²) >= 11 is 7.55. The fourth-order valence-electron chi connectivity index (χ4n) is 2.08. The van der Waals surface area contributed by atoms with Crippen molar-refractivity contribution in [2.45, 2.75) is 19.5 Å². The van der Waals surface area contributed by atoms with Gasteiger partial charge in [-0.25, -0.2) is 9.67 Å². The molecule has 3 aromatic rings. The van der Waals surface area contributed by atoms with Crippen LogP contribution < -0.4 is 5.32 Å². The Hall–Kier alpha value is -1.69. The summed E-state index contributed by atoms with van der Waals surface area (Å²) in [7, 11) is 0. The van der Waals surface area contributed by atoms with Crippen LogP contribution in [0.4, 0.5) is 0 Å². The monoisotopic (exact) mass is 318 g/mol. The highest BCUT2D eigenvalue weighted by molar-refractivity contribution is 7.16. The van der Waals surface area contributed by atoms with Gasteiger partial charge in [-0.05, 0) is 36.8 Å². The van der Waals surface area contributed by atoms with E-state index in [1.165, 1.54) is 16.8 Å². The van der Waals surface area contributed by atoms with E-state index in [9.17, 15) is 0 Å². The Balaban J connectivity index is 1.63. The summed E-state index contributed by atoms with van der Waals surface area (Å²) in [5, 5.41) is 7.62. The van der Waals surface area contributed by atoms with Crippen molar-refractivity contribution in [3.8, 4) is 5.69 Å². The molecule has 1 aromatic carbocycles. The van der Waals surface area contributed by atoms with Crippen LogP contribution in [0.1, 0.15) is 23.4 Å². The van der Waals surface area contributed by atoms with Gasteiger partial charge in [0, 0.05) is 17.5 Å². The Kier molecular flexibility index (Phi) is 4.34. The molecule has 0 saturated heterocycles. The maximum Gasteiger partial charge on any atom is 0.138 e. The van der Waals surface area contributed by atoms with Crippen LogP contribution in [0.2, 0.25) is 4.34 Å². The molecule has 1 N–H and O–H groups in total. The van der Waals surface area contributed by atoms with Gasteiger partial charge >= 0.3 is 0 Å². The molecule has 0 spiro atoms. The van der Waals surface area contributed by atoms with Crippen molar-refractivity contribution in [2.24, 2.45) is 0 Å². The lowest BCUT2D eigenvalue weighted by molar-refractivity contribution is 0.579. The van der Waals surface area contributed by atoms with Gasteiger partial charge in [-0.1, -0.05) is 23.7 Å². The van der Waals surface area contributed by atoms with Crippen molar-refractivity contribution >= 4 is 22.9 Å². The van der Waals surface area contributed by atoms with Crippen LogP contribution in [-0.4, -0.2) is 14.8 Å². The molecule has 0 amide bonds. The molecule has 108 valence electrons. The number of thiophene rings is 1. The molecule has 4 nitrogen and oxygen atoms in total. The van der Waals surface area contributed by atoms with E-state index in [1.54, 1.807) is 22.3 Å². The first kappa shape index (κ1) is 14.3. The largest absolute Gasteiger partial charge is 0.305 e. The normalized spacial score (nSPS) is 12.5. The quantitative estimate of drug-likeness (QED) is 0.777. The second-order valence-electron chi connectivity index (χ2n) is 4.74. The summed E-state index contributed by atoms with van der Waals surface area (Å²) in [4.78, 5) is 5.19. The van der Waals surface area contributed by atoms with E-state index >= 15 is 0 Å². The number of hydrogen-bond acceptors (Lipinski definition) is 4. The molecule has 0 fully saturated rings. The van der Waals surface area contributed by atoms with E-state index in [4.69, 9.17) is 11.6 Å². The Morgan fingerprint density at radius 2 is 2.05 bits per heavy atom. The van der Waals surface area contributed by atoms with Crippen LogP contribution in [-0.2, 0) is 6.54 Å². The molecule has 21 heavy (non-hydrogen) atoms. The SMILES string of the molecule is C[C@@H](NCc1ccc(Cl)s1)c1ccc(-n2cncn2)cc1. The summed E-state index contributed by atoms with van der Waals surface area (Å²) in [6.45, 7) is 2.98. The van der Waals surface area contributed by atoms with Crippen LogP contribution in [0.15, 0.2) is 49.1 Å². The predicted octanol–water partition coefficient (Wildman–Crippen LogP) is 3.83. The van der Waals surface area contributed by atoms with Gasteiger partial charge in [-0.2, -0.15) is 5.10 Å². The third-order valence-corrected chi connectivity index (χ3v) is 4.52. The fourth-order valence-corrected chi connectivity index (χ4v) is 3.11. The fraction of sp³-hybridized carbons (Fsp3) is 0.200. The zero-order chi connectivity index (χ0) is 14.7. The van der Waals surface area contributed by atoms with Gasteiger partial charge in [-0.3, -0.25) is 0 Å². The Morgan fingerprint density at radius 1 is 1.24 bits per heavy atom. The summed E-state index contributed by atoms with van der Waals surface area (Å²) < 4.78 is 2.58. The number of aromatic nitrogens is 3. The molecule has 0 bridgehead atoms. The minimum absolute atomic E-state index is 0.274. The molecule has 0 radical (unpaired) electrons. The molecule has 1 atom stereocenters. The second kappa shape index (κ2) is 6.39. The summed E-state index contributed by atoms with van der Waals surface area (Å²) in [5.74, 6) is 0. The van der Waals surface area contributed by atoms with Crippen LogP contribution in [0.5, 0.6) is 0 Å². The van der Waals surface area contributed by atoms with Gasteiger partial charge in [0.1, 0.15) is 12.7 Å². The van der Waals surface area contributed by atoms with Crippen LogP contribution in [0.3, 0.4) is 0 Å². The van der Waals surface area contributed by atoms with Crippen molar-refractivity contribution in [3.63, 3.8) is 0 Å². The molecule has 0 unspecified atom stereocenters. The Morgan fingerprint density at radius 3 is 2.67 bits per heavy atom. The number of benzene rings is 1. The van der Waals surface area contributed by atoms with Gasteiger partial charge < -0.3 is 5.32 Å². The number of halogens is 1. The van der Waals surface area contributed by atoms with Gasteiger partial charge in [0.2, 0.25) is 0 Å². The lowest BCUT2D eigenvalue weighted by atomic mass is 10.1. The molecule has 0 aliphatic carbocycles. The standard InChI is InChI=1S/C15H15ClN4S/c1-11(18-8-14-6-7-15(16)21-14)12-2-4-13(5-3-12)20-10-17-9-19-20/h2-7,9-11,18H,8H2,1H3/t11-/m1/s1. The van der Waals surface area contributed by atoms with Crippen LogP contribution in [0, 0.1) is 0 Å². The lowest BCUT2D eigenvalue weighted by Crippen LogP contribution is -2.17. The first-order chi connectivity index (χ1) is 10.2. The average Bonchev–Trinajstić information content (AvgIpc) is 3.16.